The fraction of sp³-hybridized carbons (Fsp3) is 0.125. The minimum atomic E-state index is -1.20. The first-order valence-corrected chi connectivity index (χ1v) is 9.76. The van der Waals surface area contributed by atoms with E-state index in [0.717, 1.165) is 5.39 Å². The van der Waals surface area contributed by atoms with Crippen molar-refractivity contribution in [1.29, 1.82) is 0 Å². The molecule has 1 heterocycles. The zero-order valence-electron chi connectivity index (χ0n) is 17.1. The summed E-state index contributed by atoms with van der Waals surface area (Å²) in [4.78, 5) is 35.8. The van der Waals surface area contributed by atoms with E-state index in [0.29, 0.717) is 22.2 Å². The molecule has 0 saturated heterocycles. The van der Waals surface area contributed by atoms with Crippen LogP contribution in [0.4, 0.5) is 4.39 Å². The summed E-state index contributed by atoms with van der Waals surface area (Å²) in [6, 6.07) is 15.1. The van der Waals surface area contributed by atoms with Crippen molar-refractivity contribution in [2.75, 3.05) is 6.61 Å². The van der Waals surface area contributed by atoms with Crippen LogP contribution in [-0.4, -0.2) is 33.9 Å². The monoisotopic (exact) mass is 434 g/mol. The van der Waals surface area contributed by atoms with E-state index in [4.69, 9.17) is 15.6 Å². The Morgan fingerprint density at radius 3 is 2.47 bits per heavy atom. The number of hydrogen-bond donors (Lipinski definition) is 2. The highest BCUT2D eigenvalue weighted by atomic mass is 19.1. The maximum atomic E-state index is 14.4. The van der Waals surface area contributed by atoms with E-state index < -0.39 is 30.1 Å². The molecule has 0 saturated carbocycles. The molecule has 32 heavy (non-hydrogen) atoms. The van der Waals surface area contributed by atoms with Crippen LogP contribution in [0.5, 0.6) is 5.75 Å². The summed E-state index contributed by atoms with van der Waals surface area (Å²) < 4.78 is 21.7. The maximum absolute atomic E-state index is 14.4. The third-order valence-electron chi connectivity index (χ3n) is 5.37. The van der Waals surface area contributed by atoms with Crippen molar-refractivity contribution in [3.63, 3.8) is 0 Å². The van der Waals surface area contributed by atoms with Crippen LogP contribution in [-0.2, 0) is 16.1 Å². The second-order valence-electron chi connectivity index (χ2n) is 7.33. The molecule has 1 aromatic heterocycles. The summed E-state index contributed by atoms with van der Waals surface area (Å²) in [7, 11) is 0. The van der Waals surface area contributed by atoms with Gasteiger partial charge < -0.3 is 20.1 Å². The Kier molecular flexibility index (Phi) is 5.36. The Morgan fingerprint density at radius 2 is 1.78 bits per heavy atom. The molecule has 0 atom stereocenters. The van der Waals surface area contributed by atoms with Gasteiger partial charge in [-0.15, -0.1) is 0 Å². The van der Waals surface area contributed by atoms with Gasteiger partial charge in [0.2, 0.25) is 0 Å². The maximum Gasteiger partial charge on any atom is 0.341 e. The molecule has 0 aliphatic carbocycles. The lowest BCUT2D eigenvalue weighted by atomic mass is 10.0. The molecule has 0 aliphatic heterocycles. The average Bonchev–Trinajstić information content (AvgIpc) is 3.03. The number of benzene rings is 3. The molecule has 0 spiro atoms. The molecule has 3 aromatic carbocycles. The molecular weight excluding hydrogens is 415 g/mol. The first-order chi connectivity index (χ1) is 15.3. The second-order valence-corrected chi connectivity index (χ2v) is 7.33. The van der Waals surface area contributed by atoms with Gasteiger partial charge in [0, 0.05) is 16.6 Å². The number of primary amides is 1. The van der Waals surface area contributed by atoms with Crippen molar-refractivity contribution >= 4 is 39.3 Å². The highest BCUT2D eigenvalue weighted by Gasteiger charge is 2.28. The number of Topliss-reactive ketones (excluding diaryl/α,β-unsaturated/α-hetero) is 1. The van der Waals surface area contributed by atoms with Crippen molar-refractivity contribution in [3.05, 3.63) is 77.2 Å². The number of rotatable bonds is 7. The number of aliphatic carboxylic acids is 1. The van der Waals surface area contributed by atoms with Crippen LogP contribution < -0.4 is 10.5 Å². The lowest BCUT2D eigenvalue weighted by molar-refractivity contribution is -0.139. The number of carboxylic acids is 1. The Hall–Kier alpha value is -4.20. The molecular formula is C24H19FN2O5. The van der Waals surface area contributed by atoms with E-state index in [1.54, 1.807) is 47.9 Å². The predicted molar refractivity (Wildman–Crippen MR) is 116 cm³/mol. The van der Waals surface area contributed by atoms with Crippen LogP contribution >= 0.6 is 0 Å². The van der Waals surface area contributed by atoms with Crippen LogP contribution in [0.2, 0.25) is 0 Å². The molecule has 0 aliphatic rings. The first kappa shape index (κ1) is 21.0. The molecule has 8 heteroatoms. The van der Waals surface area contributed by atoms with Crippen LogP contribution in [0.25, 0.3) is 21.7 Å². The number of nitrogens with zero attached hydrogens (tertiary/aromatic N) is 1. The number of aromatic nitrogens is 1. The van der Waals surface area contributed by atoms with Gasteiger partial charge in [-0.1, -0.05) is 42.5 Å². The van der Waals surface area contributed by atoms with E-state index >= 15 is 0 Å². The van der Waals surface area contributed by atoms with Crippen molar-refractivity contribution in [1.82, 2.24) is 4.57 Å². The van der Waals surface area contributed by atoms with Crippen LogP contribution in [0.15, 0.2) is 54.6 Å². The van der Waals surface area contributed by atoms with E-state index in [1.165, 1.54) is 6.07 Å². The SMILES string of the molecule is Cc1c(C(=O)C(N)=O)c2c(OCC(=O)O)c3ccccc3cc2n1Cc1ccccc1F. The largest absolute Gasteiger partial charge is 0.481 e. The normalized spacial score (nSPS) is 11.1. The molecule has 0 bridgehead atoms. The molecule has 162 valence electrons. The zero-order valence-corrected chi connectivity index (χ0v) is 17.1. The van der Waals surface area contributed by atoms with Crippen molar-refractivity contribution < 1.29 is 28.6 Å². The second kappa shape index (κ2) is 8.14. The molecule has 7 nitrogen and oxygen atoms in total. The smallest absolute Gasteiger partial charge is 0.341 e. The molecule has 4 aromatic rings. The quantitative estimate of drug-likeness (QED) is 0.342. The minimum absolute atomic E-state index is 0.00924. The Morgan fingerprint density at radius 1 is 1.09 bits per heavy atom. The number of nitrogens with two attached hydrogens (primary N) is 1. The zero-order chi connectivity index (χ0) is 23.0. The van der Waals surface area contributed by atoms with Gasteiger partial charge in [-0.25, -0.2) is 9.18 Å². The van der Waals surface area contributed by atoms with Gasteiger partial charge in [0.1, 0.15) is 11.6 Å². The Labute approximate surface area is 181 Å². The number of halogens is 1. The van der Waals surface area contributed by atoms with Gasteiger partial charge >= 0.3 is 5.97 Å². The number of ether oxygens (including phenoxy) is 1. The van der Waals surface area contributed by atoms with E-state index in [2.05, 4.69) is 0 Å². The van der Waals surface area contributed by atoms with E-state index in [1.807, 2.05) is 12.1 Å². The lowest BCUT2D eigenvalue weighted by Gasteiger charge is -2.13. The molecule has 0 radical (unpaired) electrons. The predicted octanol–water partition coefficient (Wildman–Crippen LogP) is 3.42. The number of amides is 1. The van der Waals surface area contributed by atoms with Gasteiger partial charge in [0.25, 0.3) is 11.7 Å². The van der Waals surface area contributed by atoms with Crippen molar-refractivity contribution in [2.45, 2.75) is 13.5 Å². The van der Waals surface area contributed by atoms with Gasteiger partial charge in [-0.2, -0.15) is 0 Å². The number of carbonyl (C=O) groups is 3. The van der Waals surface area contributed by atoms with Crippen LogP contribution in [0.3, 0.4) is 0 Å². The third kappa shape index (κ3) is 3.56. The number of ketones is 1. The summed E-state index contributed by atoms with van der Waals surface area (Å²) in [6.45, 7) is 1.06. The van der Waals surface area contributed by atoms with Crippen molar-refractivity contribution in [3.8, 4) is 5.75 Å². The molecule has 3 N–H and O–H groups in total. The summed E-state index contributed by atoms with van der Waals surface area (Å²) in [5, 5.41) is 10.7. The van der Waals surface area contributed by atoms with Gasteiger partial charge in [0.15, 0.2) is 6.61 Å². The average molecular weight is 434 g/mol. The topological polar surface area (TPSA) is 112 Å². The summed E-state index contributed by atoms with van der Waals surface area (Å²) in [5.74, 6) is -3.55. The Balaban J connectivity index is 2.10. The molecule has 0 unspecified atom stereocenters. The van der Waals surface area contributed by atoms with Crippen molar-refractivity contribution in [2.24, 2.45) is 5.73 Å². The fourth-order valence-corrected chi connectivity index (χ4v) is 3.94. The number of carboxylic acid groups (broad SMARTS) is 1. The summed E-state index contributed by atoms with van der Waals surface area (Å²) in [5.41, 5.74) is 6.58. The molecule has 4 rings (SSSR count). The minimum Gasteiger partial charge on any atom is -0.481 e. The van der Waals surface area contributed by atoms with E-state index in [-0.39, 0.29) is 23.2 Å². The van der Waals surface area contributed by atoms with Gasteiger partial charge in [0.05, 0.1) is 23.0 Å². The number of fused-ring (bicyclic) bond motifs is 2. The summed E-state index contributed by atoms with van der Waals surface area (Å²) in [6.07, 6.45) is 0. The van der Waals surface area contributed by atoms with Crippen LogP contribution in [0.1, 0.15) is 21.6 Å². The standard InChI is InChI=1S/C24H19FN2O5/c1-13-20(22(30)24(26)31)21-18(27(13)11-15-7-3-5-9-17(15)25)10-14-6-2-4-8-16(14)23(21)32-12-19(28)29/h2-10H,11-12H2,1H3,(H2,26,31)(H,28,29). The molecule has 1 amide bonds. The molecule has 0 fully saturated rings. The van der Waals surface area contributed by atoms with Crippen LogP contribution in [0, 0.1) is 12.7 Å². The fourth-order valence-electron chi connectivity index (χ4n) is 3.94. The Bertz CT molecular complexity index is 1410. The lowest BCUT2D eigenvalue weighted by Crippen LogP contribution is -2.24. The first-order valence-electron chi connectivity index (χ1n) is 9.76. The number of hydrogen-bond acceptors (Lipinski definition) is 4. The third-order valence-corrected chi connectivity index (χ3v) is 5.37. The number of carbonyl (C=O) groups excluding carboxylic acids is 2. The van der Waals surface area contributed by atoms with Gasteiger partial charge in [-0.3, -0.25) is 9.59 Å². The summed E-state index contributed by atoms with van der Waals surface area (Å²) >= 11 is 0. The highest BCUT2D eigenvalue weighted by Crippen LogP contribution is 2.40. The van der Waals surface area contributed by atoms with E-state index in [9.17, 15) is 18.8 Å². The van der Waals surface area contributed by atoms with Gasteiger partial charge in [-0.05, 0) is 24.4 Å². The highest BCUT2D eigenvalue weighted by molar-refractivity contribution is 6.45.